The van der Waals surface area contributed by atoms with Crippen LogP contribution in [0.4, 0.5) is 0 Å². The molecule has 0 atom stereocenters. The van der Waals surface area contributed by atoms with E-state index in [2.05, 4.69) is 0 Å². The summed E-state index contributed by atoms with van der Waals surface area (Å²) >= 11 is 5.70. The summed E-state index contributed by atoms with van der Waals surface area (Å²) in [6, 6.07) is 0. The summed E-state index contributed by atoms with van der Waals surface area (Å²) in [5.41, 5.74) is 0. The first-order chi connectivity index (χ1) is 5.24. The molecule has 0 saturated heterocycles. The molecule has 0 aromatic carbocycles. The van der Waals surface area contributed by atoms with Crippen molar-refractivity contribution in [3.63, 3.8) is 0 Å². The molecule has 12 heavy (non-hydrogen) atoms. The van der Waals surface area contributed by atoms with Crippen molar-refractivity contribution in [2.45, 2.75) is 33.5 Å². The van der Waals surface area contributed by atoms with Gasteiger partial charge in [0.2, 0.25) is 8.32 Å². The van der Waals surface area contributed by atoms with Crippen LogP contribution in [-0.4, -0.2) is 14.1 Å². The van der Waals surface area contributed by atoms with E-state index in [4.69, 9.17) is 16.0 Å². The maximum Gasteiger partial charge on any atom is 0.241 e. The maximum absolute atomic E-state index is 10.8. The Bertz CT molecular complexity index is 216. The standard InChI is InChI=1S/C8H15ClO2Si/c1-6(10)8(9)7(2)11-12(3,4)5/h1-5H3. The molecule has 0 aliphatic rings. The first-order valence-corrected chi connectivity index (χ1v) is 7.59. The van der Waals surface area contributed by atoms with Crippen LogP contribution in [0.3, 0.4) is 0 Å². The van der Waals surface area contributed by atoms with Crippen molar-refractivity contribution in [2.24, 2.45) is 0 Å². The number of halogens is 1. The molecule has 0 fully saturated rings. The van der Waals surface area contributed by atoms with Crippen molar-refractivity contribution in [1.29, 1.82) is 0 Å². The number of carbonyl (C=O) groups is 1. The molecule has 0 unspecified atom stereocenters. The van der Waals surface area contributed by atoms with Gasteiger partial charge in [0.25, 0.3) is 0 Å². The lowest BCUT2D eigenvalue weighted by molar-refractivity contribution is -0.113. The van der Waals surface area contributed by atoms with Crippen LogP contribution in [0.15, 0.2) is 10.8 Å². The van der Waals surface area contributed by atoms with Gasteiger partial charge in [0.15, 0.2) is 5.78 Å². The largest absolute Gasteiger partial charge is 0.546 e. The molecule has 0 aliphatic heterocycles. The molecule has 4 heteroatoms. The molecule has 0 spiro atoms. The van der Waals surface area contributed by atoms with E-state index in [9.17, 15) is 4.79 Å². The number of hydrogen-bond donors (Lipinski definition) is 0. The predicted octanol–water partition coefficient (Wildman–Crippen LogP) is 2.90. The van der Waals surface area contributed by atoms with E-state index >= 15 is 0 Å². The van der Waals surface area contributed by atoms with Crippen molar-refractivity contribution in [2.75, 3.05) is 0 Å². The lowest BCUT2D eigenvalue weighted by Gasteiger charge is -2.19. The van der Waals surface area contributed by atoms with Crippen LogP contribution in [0.2, 0.25) is 19.6 Å². The van der Waals surface area contributed by atoms with Gasteiger partial charge in [-0.15, -0.1) is 0 Å². The Balaban J connectivity index is 4.49. The van der Waals surface area contributed by atoms with Crippen molar-refractivity contribution in [3.8, 4) is 0 Å². The Labute approximate surface area is 79.7 Å². The maximum atomic E-state index is 10.8. The molecule has 0 N–H and O–H groups in total. The number of ketones is 1. The second-order valence-electron chi connectivity index (χ2n) is 3.64. The Morgan fingerprint density at radius 2 is 1.67 bits per heavy atom. The molecule has 0 bridgehead atoms. The molecule has 0 aliphatic carbocycles. The van der Waals surface area contributed by atoms with Crippen LogP contribution in [0.25, 0.3) is 0 Å². The van der Waals surface area contributed by atoms with Crippen LogP contribution in [0, 0.1) is 0 Å². The highest BCUT2D eigenvalue weighted by Gasteiger charge is 2.18. The summed E-state index contributed by atoms with van der Waals surface area (Å²) in [6.45, 7) is 9.28. The van der Waals surface area contributed by atoms with Crippen molar-refractivity contribution in [3.05, 3.63) is 10.8 Å². The fraction of sp³-hybridized carbons (Fsp3) is 0.625. The summed E-state index contributed by atoms with van der Waals surface area (Å²) in [4.78, 5) is 10.8. The van der Waals surface area contributed by atoms with Crippen LogP contribution in [0.5, 0.6) is 0 Å². The molecule has 2 nitrogen and oxygen atoms in total. The van der Waals surface area contributed by atoms with E-state index in [1.165, 1.54) is 6.92 Å². The molecule has 70 valence electrons. The fourth-order valence-corrected chi connectivity index (χ4v) is 1.88. The Kier molecular flexibility index (Phi) is 4.00. The fourth-order valence-electron chi connectivity index (χ4n) is 0.752. The van der Waals surface area contributed by atoms with Crippen molar-refractivity contribution in [1.82, 2.24) is 0 Å². The summed E-state index contributed by atoms with van der Waals surface area (Å²) < 4.78 is 5.53. The van der Waals surface area contributed by atoms with E-state index < -0.39 is 8.32 Å². The molecule has 0 heterocycles. The Hall–Kier alpha value is -0.283. The molecule has 0 aromatic rings. The molecule has 0 aromatic heterocycles. The third-order valence-electron chi connectivity index (χ3n) is 1.08. The smallest absolute Gasteiger partial charge is 0.241 e. The van der Waals surface area contributed by atoms with Crippen molar-refractivity contribution >= 4 is 25.7 Å². The van der Waals surface area contributed by atoms with Gasteiger partial charge in [-0.05, 0) is 26.6 Å². The van der Waals surface area contributed by atoms with E-state index in [0.717, 1.165) is 0 Å². The van der Waals surface area contributed by atoms with Crippen LogP contribution < -0.4 is 0 Å². The molecular weight excluding hydrogens is 192 g/mol. The SMILES string of the molecule is CC(=O)C(Cl)=C(C)O[Si](C)(C)C. The first-order valence-electron chi connectivity index (χ1n) is 3.80. The first kappa shape index (κ1) is 11.7. The second kappa shape index (κ2) is 4.10. The third-order valence-corrected chi connectivity index (χ3v) is 2.53. The van der Waals surface area contributed by atoms with Gasteiger partial charge < -0.3 is 4.43 Å². The minimum Gasteiger partial charge on any atom is -0.546 e. The minimum atomic E-state index is -1.62. The average Bonchev–Trinajstić information content (AvgIpc) is 1.82. The highest BCUT2D eigenvalue weighted by Crippen LogP contribution is 2.16. The molecule has 0 radical (unpaired) electrons. The van der Waals surface area contributed by atoms with Crippen LogP contribution >= 0.6 is 11.6 Å². The lowest BCUT2D eigenvalue weighted by Crippen LogP contribution is -2.24. The van der Waals surface area contributed by atoms with E-state index in [-0.39, 0.29) is 10.8 Å². The zero-order valence-electron chi connectivity index (χ0n) is 8.19. The minimum absolute atomic E-state index is 0.146. The highest BCUT2D eigenvalue weighted by molar-refractivity contribution is 6.70. The van der Waals surface area contributed by atoms with Crippen LogP contribution in [-0.2, 0) is 9.22 Å². The number of carbonyl (C=O) groups excluding carboxylic acids is 1. The number of hydrogen-bond acceptors (Lipinski definition) is 2. The van der Waals surface area contributed by atoms with E-state index in [1.807, 2.05) is 19.6 Å². The summed E-state index contributed by atoms with van der Waals surface area (Å²) in [6.07, 6.45) is 0. The predicted molar refractivity (Wildman–Crippen MR) is 53.7 cm³/mol. The summed E-state index contributed by atoms with van der Waals surface area (Å²) in [7, 11) is -1.62. The summed E-state index contributed by atoms with van der Waals surface area (Å²) in [5, 5.41) is 0.206. The topological polar surface area (TPSA) is 26.3 Å². The van der Waals surface area contributed by atoms with Gasteiger partial charge in [-0.3, -0.25) is 4.79 Å². The quantitative estimate of drug-likeness (QED) is 0.403. The van der Waals surface area contributed by atoms with Crippen molar-refractivity contribution < 1.29 is 9.22 Å². The van der Waals surface area contributed by atoms with Gasteiger partial charge >= 0.3 is 0 Å². The normalized spacial score (nSPS) is 13.8. The second-order valence-corrected chi connectivity index (χ2v) is 8.45. The number of allylic oxidation sites excluding steroid dienone is 2. The monoisotopic (exact) mass is 206 g/mol. The number of Topliss-reactive ketones (excluding diaryl/α,β-unsaturated/α-hetero) is 1. The zero-order valence-corrected chi connectivity index (χ0v) is 9.95. The zero-order chi connectivity index (χ0) is 9.94. The van der Waals surface area contributed by atoms with Gasteiger partial charge in [-0.2, -0.15) is 0 Å². The van der Waals surface area contributed by atoms with Crippen LogP contribution in [0.1, 0.15) is 13.8 Å². The molecule has 0 saturated carbocycles. The average molecular weight is 207 g/mol. The highest BCUT2D eigenvalue weighted by atomic mass is 35.5. The third kappa shape index (κ3) is 4.57. The molecule has 0 amide bonds. The van der Waals surface area contributed by atoms with Gasteiger partial charge in [0.05, 0.1) is 5.76 Å². The van der Waals surface area contributed by atoms with Gasteiger partial charge in [-0.1, -0.05) is 11.6 Å². The molecular formula is C8H15ClO2Si. The van der Waals surface area contributed by atoms with Gasteiger partial charge in [0.1, 0.15) is 5.03 Å². The Morgan fingerprint density at radius 3 is 1.92 bits per heavy atom. The lowest BCUT2D eigenvalue weighted by atomic mass is 10.4. The molecule has 0 rings (SSSR count). The Morgan fingerprint density at radius 1 is 1.25 bits per heavy atom. The van der Waals surface area contributed by atoms with Gasteiger partial charge in [-0.25, -0.2) is 0 Å². The van der Waals surface area contributed by atoms with E-state index in [1.54, 1.807) is 6.92 Å². The van der Waals surface area contributed by atoms with Gasteiger partial charge in [0, 0.05) is 6.92 Å². The van der Waals surface area contributed by atoms with E-state index in [0.29, 0.717) is 5.76 Å². The summed E-state index contributed by atoms with van der Waals surface area (Å²) in [5.74, 6) is 0.399. The number of rotatable bonds is 3.